The smallest absolute Gasteiger partial charge is 0.264 e. The van der Waals surface area contributed by atoms with Gasteiger partial charge in [-0.1, -0.05) is 17.7 Å². The fraction of sp³-hybridized carbons (Fsp3) is 0.188. The number of halogens is 1. The van der Waals surface area contributed by atoms with E-state index >= 15 is 0 Å². The Labute approximate surface area is 149 Å². The van der Waals surface area contributed by atoms with Crippen molar-refractivity contribution in [1.82, 2.24) is 0 Å². The number of ether oxygens (including phenoxy) is 1. The molecule has 0 aliphatic heterocycles. The zero-order valence-corrected chi connectivity index (χ0v) is 15.6. The minimum atomic E-state index is -3.96. The number of carbonyl (C=O) groups is 1. The average Bonchev–Trinajstić information content (AvgIpc) is 2.53. The number of methoxy groups -OCH3 is 1. The van der Waals surface area contributed by atoms with Crippen molar-refractivity contribution in [2.24, 2.45) is 5.73 Å². The van der Waals surface area contributed by atoms with Crippen LogP contribution in [-0.2, 0) is 14.8 Å². The topological polar surface area (TPSA) is 89.7 Å². The van der Waals surface area contributed by atoms with E-state index in [1.165, 1.54) is 25.3 Å². The number of nitrogens with two attached hydrogens (primary N) is 1. The molecule has 0 saturated carbocycles. The Bertz CT molecular complexity index is 851. The van der Waals surface area contributed by atoms with Crippen LogP contribution in [0.4, 0.5) is 5.69 Å². The van der Waals surface area contributed by atoms with E-state index in [1.807, 2.05) is 6.92 Å². The third-order valence-corrected chi connectivity index (χ3v) is 5.72. The van der Waals surface area contributed by atoms with Gasteiger partial charge in [0, 0.05) is 0 Å². The molecule has 2 aromatic rings. The number of benzene rings is 2. The Morgan fingerprint density at radius 3 is 2.33 bits per heavy atom. The summed E-state index contributed by atoms with van der Waals surface area (Å²) in [6, 6.07) is 11.2. The maximum absolute atomic E-state index is 13.0. The van der Waals surface area contributed by atoms with Crippen LogP contribution in [0.2, 0.25) is 0 Å². The molecular weight excluding hydrogens is 396 g/mol. The molecule has 0 heterocycles. The molecule has 2 N–H and O–H groups in total. The van der Waals surface area contributed by atoms with E-state index in [1.54, 1.807) is 24.3 Å². The predicted octanol–water partition coefficient (Wildman–Crippen LogP) is 2.45. The molecule has 0 aliphatic carbocycles. The monoisotopic (exact) mass is 412 g/mol. The molecule has 6 nitrogen and oxygen atoms in total. The highest BCUT2D eigenvalue weighted by molar-refractivity contribution is 9.10. The average molecular weight is 413 g/mol. The molecule has 0 aromatic heterocycles. The Morgan fingerprint density at radius 1 is 1.21 bits per heavy atom. The minimum Gasteiger partial charge on any atom is -0.496 e. The van der Waals surface area contributed by atoms with Crippen LogP contribution < -0.4 is 14.8 Å². The first-order chi connectivity index (χ1) is 11.3. The lowest BCUT2D eigenvalue weighted by molar-refractivity contribution is -0.116. The Balaban J connectivity index is 2.53. The number of primary amides is 1. The molecule has 1 amide bonds. The van der Waals surface area contributed by atoms with Gasteiger partial charge in [-0.2, -0.15) is 0 Å². The quantitative estimate of drug-likeness (QED) is 0.788. The lowest BCUT2D eigenvalue weighted by Crippen LogP contribution is -2.38. The number of sulfonamides is 1. The summed E-state index contributed by atoms with van der Waals surface area (Å²) in [5.41, 5.74) is 6.58. The largest absolute Gasteiger partial charge is 0.496 e. The normalized spacial score (nSPS) is 11.1. The maximum Gasteiger partial charge on any atom is 0.264 e. The van der Waals surface area contributed by atoms with Crippen molar-refractivity contribution in [1.29, 1.82) is 0 Å². The van der Waals surface area contributed by atoms with Crippen LogP contribution in [0.3, 0.4) is 0 Å². The lowest BCUT2D eigenvalue weighted by atomic mass is 10.2. The van der Waals surface area contributed by atoms with Gasteiger partial charge < -0.3 is 10.5 Å². The second-order valence-corrected chi connectivity index (χ2v) is 7.83. The standard InChI is InChI=1S/C16H17BrN2O4S/c1-11-3-5-12(6-4-11)19(10-16(18)20)24(21,22)13-7-8-15(23-2)14(17)9-13/h3-9H,10H2,1-2H3,(H2,18,20). The van der Waals surface area contributed by atoms with Crippen molar-refractivity contribution in [3.05, 3.63) is 52.5 Å². The molecule has 0 spiro atoms. The first-order valence-corrected chi connectivity index (χ1v) is 9.20. The van der Waals surface area contributed by atoms with Crippen LogP contribution in [0.15, 0.2) is 51.8 Å². The Hall–Kier alpha value is -2.06. The van der Waals surface area contributed by atoms with Gasteiger partial charge in [0.15, 0.2) is 0 Å². The summed E-state index contributed by atoms with van der Waals surface area (Å²) in [4.78, 5) is 11.4. The lowest BCUT2D eigenvalue weighted by Gasteiger charge is -2.23. The van der Waals surface area contributed by atoms with Crippen LogP contribution >= 0.6 is 15.9 Å². The van der Waals surface area contributed by atoms with E-state index in [9.17, 15) is 13.2 Å². The molecule has 0 unspecified atom stereocenters. The third-order valence-electron chi connectivity index (χ3n) is 3.33. The van der Waals surface area contributed by atoms with Crippen molar-refractivity contribution < 1.29 is 17.9 Å². The van der Waals surface area contributed by atoms with Gasteiger partial charge >= 0.3 is 0 Å². The number of hydrogen-bond acceptors (Lipinski definition) is 4. The molecule has 24 heavy (non-hydrogen) atoms. The molecule has 0 bridgehead atoms. The van der Waals surface area contributed by atoms with Gasteiger partial charge in [0.25, 0.3) is 10.0 Å². The molecule has 2 aromatic carbocycles. The summed E-state index contributed by atoms with van der Waals surface area (Å²) >= 11 is 3.27. The van der Waals surface area contributed by atoms with Gasteiger partial charge in [-0.25, -0.2) is 8.42 Å². The molecule has 128 valence electrons. The molecule has 0 fully saturated rings. The SMILES string of the molecule is COc1ccc(S(=O)(=O)N(CC(N)=O)c2ccc(C)cc2)cc1Br. The van der Waals surface area contributed by atoms with E-state index in [-0.39, 0.29) is 4.90 Å². The molecule has 8 heteroatoms. The van der Waals surface area contributed by atoms with Gasteiger partial charge in [0.1, 0.15) is 12.3 Å². The molecule has 0 saturated heterocycles. The fourth-order valence-corrected chi connectivity index (χ4v) is 4.25. The van der Waals surface area contributed by atoms with E-state index in [0.717, 1.165) is 9.87 Å². The second-order valence-electron chi connectivity index (χ2n) is 5.11. The highest BCUT2D eigenvalue weighted by Gasteiger charge is 2.27. The summed E-state index contributed by atoms with van der Waals surface area (Å²) in [7, 11) is -2.48. The minimum absolute atomic E-state index is 0.0250. The summed E-state index contributed by atoms with van der Waals surface area (Å²) in [5, 5.41) is 0. The van der Waals surface area contributed by atoms with Crippen molar-refractivity contribution in [3.8, 4) is 5.75 Å². The number of carbonyl (C=O) groups excluding carboxylic acids is 1. The van der Waals surface area contributed by atoms with Crippen LogP contribution in [0, 0.1) is 6.92 Å². The zero-order chi connectivity index (χ0) is 17.9. The number of hydrogen-bond donors (Lipinski definition) is 1. The highest BCUT2D eigenvalue weighted by Crippen LogP contribution is 2.30. The summed E-state index contributed by atoms with van der Waals surface area (Å²) in [5.74, 6) is -0.238. The molecule has 2 rings (SSSR count). The van der Waals surface area contributed by atoms with E-state index < -0.39 is 22.5 Å². The number of nitrogens with zero attached hydrogens (tertiary/aromatic N) is 1. The van der Waals surface area contributed by atoms with Crippen molar-refractivity contribution in [2.45, 2.75) is 11.8 Å². The summed E-state index contributed by atoms with van der Waals surface area (Å²) < 4.78 is 32.5. The van der Waals surface area contributed by atoms with Gasteiger partial charge in [-0.15, -0.1) is 0 Å². The molecule has 0 atom stereocenters. The van der Waals surface area contributed by atoms with Crippen LogP contribution in [0.5, 0.6) is 5.75 Å². The van der Waals surface area contributed by atoms with Crippen LogP contribution in [0.1, 0.15) is 5.56 Å². The molecule has 0 radical (unpaired) electrons. The summed E-state index contributed by atoms with van der Waals surface area (Å²) in [6.45, 7) is 1.44. The van der Waals surface area contributed by atoms with Crippen molar-refractivity contribution >= 4 is 37.5 Å². The number of amides is 1. The van der Waals surface area contributed by atoms with Gasteiger partial charge in [0.2, 0.25) is 5.91 Å². The van der Waals surface area contributed by atoms with E-state index in [4.69, 9.17) is 10.5 Å². The van der Waals surface area contributed by atoms with Gasteiger partial charge in [-0.3, -0.25) is 9.10 Å². The number of rotatable bonds is 6. The van der Waals surface area contributed by atoms with Gasteiger partial charge in [-0.05, 0) is 53.2 Å². The van der Waals surface area contributed by atoms with E-state index in [0.29, 0.717) is 15.9 Å². The first-order valence-electron chi connectivity index (χ1n) is 6.97. The fourth-order valence-electron chi connectivity index (χ4n) is 2.10. The van der Waals surface area contributed by atoms with E-state index in [2.05, 4.69) is 15.9 Å². The predicted molar refractivity (Wildman–Crippen MR) is 95.6 cm³/mol. The number of anilines is 1. The van der Waals surface area contributed by atoms with Crippen LogP contribution in [0.25, 0.3) is 0 Å². The first kappa shape index (κ1) is 18.3. The van der Waals surface area contributed by atoms with Gasteiger partial charge in [0.05, 0.1) is 22.2 Å². The number of aryl methyl sites for hydroxylation is 1. The van der Waals surface area contributed by atoms with Crippen molar-refractivity contribution in [3.63, 3.8) is 0 Å². The molecule has 0 aliphatic rings. The maximum atomic E-state index is 13.0. The highest BCUT2D eigenvalue weighted by atomic mass is 79.9. The Morgan fingerprint density at radius 2 is 1.83 bits per heavy atom. The third kappa shape index (κ3) is 3.88. The second kappa shape index (κ2) is 7.23. The summed E-state index contributed by atoms with van der Waals surface area (Å²) in [6.07, 6.45) is 0. The zero-order valence-electron chi connectivity index (χ0n) is 13.2. The van der Waals surface area contributed by atoms with Crippen LogP contribution in [-0.4, -0.2) is 28.0 Å². The molecular formula is C16H17BrN2O4S. The Kier molecular flexibility index (Phi) is 5.51. The van der Waals surface area contributed by atoms with Crippen molar-refractivity contribution in [2.75, 3.05) is 18.0 Å².